The Morgan fingerprint density at radius 2 is 0.697 bits per heavy atom. The first kappa shape index (κ1) is 36.7. The number of para-hydroxylation sites is 2. The van der Waals surface area contributed by atoms with Crippen molar-refractivity contribution in [2.75, 3.05) is 4.90 Å². The average Bonchev–Trinajstić information content (AvgIpc) is 3.72. The first-order chi connectivity index (χ1) is 32.7. The Morgan fingerprint density at radius 1 is 0.242 bits per heavy atom. The van der Waals surface area contributed by atoms with Crippen LogP contribution in [-0.4, -0.2) is 4.57 Å². The zero-order valence-corrected chi connectivity index (χ0v) is 36.0. The lowest BCUT2D eigenvalue weighted by atomic mass is 9.87. The minimum Gasteiger partial charge on any atom is -0.310 e. The number of hydrogen-bond donors (Lipinski definition) is 0. The molecule has 2 nitrogen and oxygen atoms in total. The lowest BCUT2D eigenvalue weighted by molar-refractivity contribution is 1.18. The Labute approximate surface area is 381 Å². The predicted molar refractivity (Wildman–Crippen MR) is 283 cm³/mol. The van der Waals surface area contributed by atoms with Crippen LogP contribution in [0.2, 0.25) is 0 Å². The van der Waals surface area contributed by atoms with Gasteiger partial charge in [0.2, 0.25) is 0 Å². The monoisotopic (exact) mass is 836 g/mol. The summed E-state index contributed by atoms with van der Waals surface area (Å²) in [5, 5.41) is 17.8. The lowest BCUT2D eigenvalue weighted by Gasteiger charge is -2.27. The molecule has 0 N–H and O–H groups in total. The van der Waals surface area contributed by atoms with Gasteiger partial charge < -0.3 is 9.47 Å². The van der Waals surface area contributed by atoms with E-state index in [0.29, 0.717) is 0 Å². The molecule has 0 fully saturated rings. The minimum absolute atomic E-state index is 1.09. The summed E-state index contributed by atoms with van der Waals surface area (Å²) in [6, 6.07) is 89.7. The zero-order chi connectivity index (χ0) is 43.3. The first-order valence-corrected chi connectivity index (χ1v) is 22.8. The molecule has 0 bridgehead atoms. The predicted octanol–water partition coefficient (Wildman–Crippen LogP) is 17.9. The van der Waals surface area contributed by atoms with Crippen molar-refractivity contribution in [3.8, 4) is 27.9 Å². The smallest absolute Gasteiger partial charge is 0.0547 e. The van der Waals surface area contributed by atoms with Crippen molar-refractivity contribution in [1.82, 2.24) is 4.57 Å². The summed E-state index contributed by atoms with van der Waals surface area (Å²) >= 11 is 0. The van der Waals surface area contributed by atoms with E-state index in [1.54, 1.807) is 0 Å². The second kappa shape index (κ2) is 14.4. The van der Waals surface area contributed by atoms with Crippen LogP contribution >= 0.6 is 0 Å². The Hall–Kier alpha value is -8.72. The normalized spacial score (nSPS) is 11.9. The van der Waals surface area contributed by atoms with Crippen LogP contribution in [0.1, 0.15) is 0 Å². The van der Waals surface area contributed by atoms with Gasteiger partial charge in [-0.25, -0.2) is 0 Å². The molecule has 14 aromatic rings. The molecule has 0 aliphatic carbocycles. The highest BCUT2D eigenvalue weighted by molar-refractivity contribution is 6.37. The molecule has 0 radical (unpaired) electrons. The maximum atomic E-state index is 2.45. The van der Waals surface area contributed by atoms with E-state index in [0.717, 1.165) is 22.7 Å². The van der Waals surface area contributed by atoms with Crippen LogP contribution in [0.5, 0.6) is 0 Å². The molecule has 14 rings (SSSR count). The third kappa shape index (κ3) is 5.55. The third-order valence-corrected chi connectivity index (χ3v) is 14.0. The van der Waals surface area contributed by atoms with Gasteiger partial charge in [-0.3, -0.25) is 0 Å². The second-order valence-electron chi connectivity index (χ2n) is 17.6. The molecule has 1 heterocycles. The molecule has 1 aromatic heterocycles. The topological polar surface area (TPSA) is 8.17 Å². The van der Waals surface area contributed by atoms with Crippen LogP contribution in [0.25, 0.3) is 114 Å². The van der Waals surface area contributed by atoms with E-state index in [1.165, 1.54) is 109 Å². The van der Waals surface area contributed by atoms with E-state index < -0.39 is 0 Å². The summed E-state index contributed by atoms with van der Waals surface area (Å²) < 4.78 is 2.39. The van der Waals surface area contributed by atoms with Crippen molar-refractivity contribution in [3.63, 3.8) is 0 Å². The molecular weight excluding hydrogens is 797 g/mol. The number of aromatic nitrogens is 1. The van der Waals surface area contributed by atoms with Crippen molar-refractivity contribution < 1.29 is 0 Å². The number of fused-ring (bicyclic) bond motifs is 5. The fourth-order valence-electron chi connectivity index (χ4n) is 11.1. The Kier molecular flexibility index (Phi) is 8.02. The molecule has 13 aromatic carbocycles. The quantitative estimate of drug-likeness (QED) is 0.152. The maximum absolute atomic E-state index is 2.45. The van der Waals surface area contributed by atoms with Gasteiger partial charge in [-0.15, -0.1) is 0 Å². The molecule has 0 atom stereocenters. The van der Waals surface area contributed by atoms with E-state index in [-0.39, 0.29) is 0 Å². The zero-order valence-electron chi connectivity index (χ0n) is 36.0. The van der Waals surface area contributed by atoms with Gasteiger partial charge in [0.05, 0.1) is 11.0 Å². The van der Waals surface area contributed by atoms with Crippen LogP contribution < -0.4 is 4.90 Å². The fourth-order valence-corrected chi connectivity index (χ4v) is 11.1. The molecule has 0 saturated carbocycles. The van der Waals surface area contributed by atoms with Crippen molar-refractivity contribution >= 4 is 104 Å². The van der Waals surface area contributed by atoms with Gasteiger partial charge in [-0.2, -0.15) is 0 Å². The highest BCUT2D eigenvalue weighted by Gasteiger charge is 2.20. The van der Waals surface area contributed by atoms with E-state index >= 15 is 0 Å². The van der Waals surface area contributed by atoms with Gasteiger partial charge >= 0.3 is 0 Å². The van der Waals surface area contributed by atoms with Crippen LogP contribution in [-0.2, 0) is 0 Å². The number of anilines is 3. The number of rotatable bonds is 6. The average molecular weight is 837 g/mol. The Bertz CT molecular complexity index is 4180. The third-order valence-electron chi connectivity index (χ3n) is 14.0. The minimum atomic E-state index is 1.09. The van der Waals surface area contributed by atoms with Crippen molar-refractivity contribution in [2.24, 2.45) is 0 Å². The number of hydrogen-bond acceptors (Lipinski definition) is 1. The summed E-state index contributed by atoms with van der Waals surface area (Å²) in [4.78, 5) is 2.44. The van der Waals surface area contributed by atoms with Gasteiger partial charge in [-0.05, 0) is 148 Å². The maximum Gasteiger partial charge on any atom is 0.0547 e. The fraction of sp³-hybridized carbons (Fsp3) is 0. The van der Waals surface area contributed by atoms with E-state index in [2.05, 4.69) is 252 Å². The van der Waals surface area contributed by atoms with E-state index in [9.17, 15) is 0 Å². The standard InChI is InChI=1S/C64H40N2/c1-3-12-41(13-4-1)42-28-33-50(34-29-42)65(51-35-30-43(31-36-51)47-32-37-54-53-19-7-8-23-59(53)66(60(54)39-47)49-17-5-2-6-18-49)52-38-48-27-26-46-15-10-21-56-55-20-9-14-44-24-25-45-16-11-22-57(63(45)61(44)55)58(40-52)64(48)62(46)56/h1-40H. The first-order valence-electron chi connectivity index (χ1n) is 22.8. The lowest BCUT2D eigenvalue weighted by Crippen LogP contribution is -2.10. The SMILES string of the molecule is c1ccc(-c2ccc(N(c3ccc(-c4ccc5c6ccccc6n(-c6ccccc6)c5c4)cc3)c3cc4ccc5cccc6c7cccc8ccc9cccc(c(c3)c4c56)c9c87)cc2)cc1. The van der Waals surface area contributed by atoms with Gasteiger partial charge in [0.15, 0.2) is 0 Å². The van der Waals surface area contributed by atoms with Gasteiger partial charge in [-0.1, -0.05) is 182 Å². The number of benzene rings is 12. The second-order valence-corrected chi connectivity index (χ2v) is 17.6. The molecule has 0 saturated heterocycles. The number of nitrogens with zero attached hydrogens (tertiary/aromatic N) is 2. The molecule has 2 heteroatoms. The van der Waals surface area contributed by atoms with Crippen LogP contribution in [0, 0.1) is 0 Å². The van der Waals surface area contributed by atoms with E-state index in [4.69, 9.17) is 0 Å². The Balaban J connectivity index is 0.997. The van der Waals surface area contributed by atoms with Gasteiger partial charge in [0, 0.05) is 33.5 Å². The van der Waals surface area contributed by atoms with Gasteiger partial charge in [0.1, 0.15) is 0 Å². The summed E-state index contributed by atoms with van der Waals surface area (Å²) in [5.74, 6) is 0. The van der Waals surface area contributed by atoms with E-state index in [1.807, 2.05) is 0 Å². The van der Waals surface area contributed by atoms with Crippen LogP contribution in [0.4, 0.5) is 17.1 Å². The van der Waals surface area contributed by atoms with Crippen molar-refractivity contribution in [2.45, 2.75) is 0 Å². The molecule has 0 unspecified atom stereocenters. The highest BCUT2D eigenvalue weighted by atomic mass is 15.1. The molecule has 0 aliphatic rings. The largest absolute Gasteiger partial charge is 0.310 e. The summed E-state index contributed by atoms with van der Waals surface area (Å²) in [6.45, 7) is 0. The molecular formula is C64H40N2. The van der Waals surface area contributed by atoms with Crippen molar-refractivity contribution in [3.05, 3.63) is 243 Å². The van der Waals surface area contributed by atoms with Gasteiger partial charge in [0.25, 0.3) is 0 Å². The van der Waals surface area contributed by atoms with Crippen LogP contribution in [0.15, 0.2) is 243 Å². The highest BCUT2D eigenvalue weighted by Crippen LogP contribution is 2.47. The molecule has 0 spiro atoms. The summed E-state index contributed by atoms with van der Waals surface area (Å²) in [5.41, 5.74) is 11.6. The van der Waals surface area contributed by atoms with Crippen LogP contribution in [0.3, 0.4) is 0 Å². The molecule has 306 valence electrons. The summed E-state index contributed by atoms with van der Waals surface area (Å²) in [7, 11) is 0. The Morgan fingerprint density at radius 3 is 1.32 bits per heavy atom. The van der Waals surface area contributed by atoms with Crippen molar-refractivity contribution in [1.29, 1.82) is 0 Å². The molecule has 0 aliphatic heterocycles. The summed E-state index contributed by atoms with van der Waals surface area (Å²) in [6.07, 6.45) is 0. The molecule has 66 heavy (non-hydrogen) atoms. The molecule has 0 amide bonds.